The van der Waals surface area contributed by atoms with Crippen LogP contribution in [0.4, 0.5) is 0 Å². The summed E-state index contributed by atoms with van der Waals surface area (Å²) in [6.45, 7) is 1.94. The zero-order valence-corrected chi connectivity index (χ0v) is 14.1. The van der Waals surface area contributed by atoms with Gasteiger partial charge in [-0.2, -0.15) is 0 Å². The number of sulfonamides is 1. The SMILES string of the molecule is COc1c(Br)cc(C(=O)NC(C)C2CC2)cc1S(N)(=O)=O. The van der Waals surface area contributed by atoms with Crippen LogP contribution in [-0.2, 0) is 10.0 Å². The highest BCUT2D eigenvalue weighted by Crippen LogP contribution is 2.34. The Balaban J connectivity index is 2.36. The molecule has 21 heavy (non-hydrogen) atoms. The first-order chi connectivity index (χ1) is 9.74. The summed E-state index contributed by atoms with van der Waals surface area (Å²) >= 11 is 3.20. The number of amides is 1. The van der Waals surface area contributed by atoms with E-state index in [0.29, 0.717) is 10.4 Å². The first kappa shape index (κ1) is 16.3. The van der Waals surface area contributed by atoms with Crippen LogP contribution >= 0.6 is 15.9 Å². The lowest BCUT2D eigenvalue weighted by Crippen LogP contribution is -2.34. The van der Waals surface area contributed by atoms with Gasteiger partial charge in [-0.25, -0.2) is 13.6 Å². The molecule has 8 heteroatoms. The zero-order valence-electron chi connectivity index (χ0n) is 11.7. The summed E-state index contributed by atoms with van der Waals surface area (Å²) in [6.07, 6.45) is 2.21. The molecule has 0 aliphatic heterocycles. The number of nitrogens with two attached hydrogens (primary N) is 1. The topological polar surface area (TPSA) is 98.5 Å². The van der Waals surface area contributed by atoms with Crippen LogP contribution in [0.25, 0.3) is 0 Å². The van der Waals surface area contributed by atoms with E-state index in [4.69, 9.17) is 9.88 Å². The molecule has 116 valence electrons. The van der Waals surface area contributed by atoms with Crippen molar-refractivity contribution >= 4 is 31.9 Å². The standard InChI is InChI=1S/C13H17BrN2O4S/c1-7(8-3-4-8)16-13(17)9-5-10(14)12(20-2)11(6-9)21(15,18)19/h5-8H,3-4H2,1-2H3,(H,16,17)(H2,15,18,19). The fourth-order valence-electron chi connectivity index (χ4n) is 2.11. The lowest BCUT2D eigenvalue weighted by molar-refractivity contribution is 0.0935. The third kappa shape index (κ3) is 3.75. The van der Waals surface area contributed by atoms with Crippen molar-refractivity contribution in [2.24, 2.45) is 11.1 Å². The summed E-state index contributed by atoms with van der Waals surface area (Å²) in [5.41, 5.74) is 0.221. The van der Waals surface area contributed by atoms with Crippen molar-refractivity contribution in [1.82, 2.24) is 5.32 Å². The maximum absolute atomic E-state index is 12.2. The Bertz CT molecular complexity index is 671. The van der Waals surface area contributed by atoms with Crippen LogP contribution in [0.1, 0.15) is 30.1 Å². The van der Waals surface area contributed by atoms with E-state index in [9.17, 15) is 13.2 Å². The fraction of sp³-hybridized carbons (Fsp3) is 0.462. The number of benzene rings is 1. The average Bonchev–Trinajstić information content (AvgIpc) is 3.20. The molecule has 0 bridgehead atoms. The lowest BCUT2D eigenvalue weighted by atomic mass is 10.1. The largest absolute Gasteiger partial charge is 0.494 e. The Morgan fingerprint density at radius 2 is 2.10 bits per heavy atom. The van der Waals surface area contributed by atoms with Crippen LogP contribution in [0.15, 0.2) is 21.5 Å². The highest BCUT2D eigenvalue weighted by atomic mass is 79.9. The molecule has 0 radical (unpaired) electrons. The van der Waals surface area contributed by atoms with Gasteiger partial charge < -0.3 is 10.1 Å². The van der Waals surface area contributed by atoms with E-state index in [1.165, 1.54) is 19.2 Å². The summed E-state index contributed by atoms with van der Waals surface area (Å²) in [7, 11) is -2.65. The van der Waals surface area contributed by atoms with Gasteiger partial charge in [-0.3, -0.25) is 4.79 Å². The van der Waals surface area contributed by atoms with Crippen molar-refractivity contribution in [2.75, 3.05) is 7.11 Å². The summed E-state index contributed by atoms with van der Waals surface area (Å²) < 4.78 is 28.6. The molecule has 1 amide bonds. The second-order valence-electron chi connectivity index (χ2n) is 5.13. The first-order valence-corrected chi connectivity index (χ1v) is 8.79. The molecule has 2 rings (SSSR count). The Hall–Kier alpha value is -1.12. The molecule has 1 aliphatic carbocycles. The number of methoxy groups -OCH3 is 1. The third-order valence-corrected chi connectivity index (χ3v) is 4.98. The molecule has 0 spiro atoms. The third-order valence-electron chi connectivity index (χ3n) is 3.47. The molecule has 1 aliphatic rings. The van der Waals surface area contributed by atoms with Crippen molar-refractivity contribution in [2.45, 2.75) is 30.7 Å². The van der Waals surface area contributed by atoms with Gasteiger partial charge in [0.1, 0.15) is 4.90 Å². The summed E-state index contributed by atoms with van der Waals surface area (Å²) in [5.74, 6) is 0.264. The monoisotopic (exact) mass is 376 g/mol. The van der Waals surface area contributed by atoms with Crippen LogP contribution in [0.5, 0.6) is 5.75 Å². The number of rotatable bonds is 5. The molecule has 1 atom stereocenters. The Morgan fingerprint density at radius 1 is 1.48 bits per heavy atom. The molecule has 1 unspecified atom stereocenters. The molecule has 1 aromatic carbocycles. The van der Waals surface area contributed by atoms with E-state index in [-0.39, 0.29) is 28.2 Å². The molecule has 0 aromatic heterocycles. The molecule has 0 saturated heterocycles. The minimum absolute atomic E-state index is 0.0660. The van der Waals surface area contributed by atoms with Crippen LogP contribution in [-0.4, -0.2) is 27.5 Å². The van der Waals surface area contributed by atoms with Crippen molar-refractivity contribution in [1.29, 1.82) is 0 Å². The normalized spacial score (nSPS) is 16.4. The van der Waals surface area contributed by atoms with E-state index in [2.05, 4.69) is 21.2 Å². The zero-order chi connectivity index (χ0) is 15.8. The predicted molar refractivity (Wildman–Crippen MR) is 81.7 cm³/mol. The quantitative estimate of drug-likeness (QED) is 0.815. The van der Waals surface area contributed by atoms with Crippen molar-refractivity contribution in [3.63, 3.8) is 0 Å². The van der Waals surface area contributed by atoms with Crippen molar-refractivity contribution in [3.05, 3.63) is 22.2 Å². The number of hydrogen-bond acceptors (Lipinski definition) is 4. The maximum atomic E-state index is 12.2. The van der Waals surface area contributed by atoms with E-state index in [0.717, 1.165) is 12.8 Å². The Kier molecular flexibility index (Phi) is 4.60. The number of halogens is 1. The summed E-state index contributed by atoms with van der Waals surface area (Å²) in [4.78, 5) is 12.0. The van der Waals surface area contributed by atoms with Crippen LogP contribution in [0.2, 0.25) is 0 Å². The molecule has 0 heterocycles. The smallest absolute Gasteiger partial charge is 0.251 e. The molecule has 1 aromatic rings. The van der Waals surface area contributed by atoms with Crippen molar-refractivity contribution in [3.8, 4) is 5.75 Å². The van der Waals surface area contributed by atoms with E-state index in [1.54, 1.807) is 0 Å². The van der Waals surface area contributed by atoms with Crippen LogP contribution < -0.4 is 15.2 Å². The highest BCUT2D eigenvalue weighted by molar-refractivity contribution is 9.10. The fourth-order valence-corrected chi connectivity index (χ4v) is 3.61. The Labute approximate surface area is 132 Å². The van der Waals surface area contributed by atoms with Crippen LogP contribution in [0.3, 0.4) is 0 Å². The highest BCUT2D eigenvalue weighted by Gasteiger charge is 2.29. The van der Waals surface area contributed by atoms with Gasteiger partial charge in [0.15, 0.2) is 5.75 Å². The van der Waals surface area contributed by atoms with E-state index in [1.807, 2.05) is 6.92 Å². The van der Waals surface area contributed by atoms with Gasteiger partial charge in [-0.05, 0) is 53.7 Å². The van der Waals surface area contributed by atoms with E-state index < -0.39 is 10.0 Å². The number of nitrogens with one attached hydrogen (secondary N) is 1. The molecular weight excluding hydrogens is 360 g/mol. The van der Waals surface area contributed by atoms with Gasteiger partial charge in [0.2, 0.25) is 10.0 Å². The van der Waals surface area contributed by atoms with Crippen LogP contribution in [0, 0.1) is 5.92 Å². The minimum Gasteiger partial charge on any atom is -0.494 e. The van der Waals surface area contributed by atoms with Gasteiger partial charge >= 0.3 is 0 Å². The number of carbonyl (C=O) groups excluding carboxylic acids is 1. The average molecular weight is 377 g/mol. The molecule has 3 N–H and O–H groups in total. The van der Waals surface area contributed by atoms with Gasteiger partial charge in [0.25, 0.3) is 5.91 Å². The van der Waals surface area contributed by atoms with E-state index >= 15 is 0 Å². The number of carbonyl (C=O) groups is 1. The number of primary sulfonamides is 1. The number of hydrogen-bond donors (Lipinski definition) is 2. The van der Waals surface area contributed by atoms with Gasteiger partial charge in [-0.1, -0.05) is 0 Å². The van der Waals surface area contributed by atoms with Gasteiger partial charge in [-0.15, -0.1) is 0 Å². The Morgan fingerprint density at radius 3 is 2.57 bits per heavy atom. The first-order valence-electron chi connectivity index (χ1n) is 6.45. The van der Waals surface area contributed by atoms with Gasteiger partial charge in [0, 0.05) is 11.6 Å². The second-order valence-corrected chi connectivity index (χ2v) is 7.52. The van der Waals surface area contributed by atoms with Gasteiger partial charge in [0.05, 0.1) is 11.6 Å². The maximum Gasteiger partial charge on any atom is 0.251 e. The molecule has 6 nitrogen and oxygen atoms in total. The molecular formula is C13H17BrN2O4S. The summed E-state index contributed by atoms with van der Waals surface area (Å²) in [5, 5.41) is 8.04. The molecule has 1 fully saturated rings. The number of ether oxygens (including phenoxy) is 1. The minimum atomic E-state index is -3.99. The van der Waals surface area contributed by atoms with Crippen molar-refractivity contribution < 1.29 is 17.9 Å². The summed E-state index contributed by atoms with van der Waals surface area (Å²) in [6, 6.07) is 2.81. The lowest BCUT2D eigenvalue weighted by Gasteiger charge is -2.15. The molecule has 1 saturated carbocycles. The predicted octanol–water partition coefficient (Wildman–Crippen LogP) is 1.63. The second kappa shape index (κ2) is 5.94.